The Kier molecular flexibility index (Phi) is 2.92. The third kappa shape index (κ3) is 2.96. The first-order valence-corrected chi connectivity index (χ1v) is 5.81. The predicted octanol–water partition coefficient (Wildman–Crippen LogP) is -0.337. The average molecular weight is 208 g/mol. The lowest BCUT2D eigenvalue weighted by atomic mass is 10.3. The maximum Gasteiger partial charge on any atom is 0.332 e. The van der Waals surface area contributed by atoms with Gasteiger partial charge in [-0.05, 0) is 13.3 Å². The second-order valence-corrected chi connectivity index (χ2v) is 5.37. The zero-order chi connectivity index (χ0) is 10.1. The molecule has 2 atom stereocenters. The minimum absolute atomic E-state index is 0.0510. The first-order valence-electron chi connectivity index (χ1n) is 3.99. The van der Waals surface area contributed by atoms with Gasteiger partial charge in [-0.1, -0.05) is 0 Å². The molecular formula is C7H12O5S. The fraction of sp³-hybridized carbons (Fsp3) is 0.857. The predicted molar refractivity (Wildman–Crippen MR) is 45.2 cm³/mol. The highest BCUT2D eigenvalue weighted by atomic mass is 32.2. The van der Waals surface area contributed by atoms with E-state index >= 15 is 0 Å². The average Bonchev–Trinajstić information content (AvgIpc) is 2.30. The zero-order valence-corrected chi connectivity index (χ0v) is 8.08. The van der Waals surface area contributed by atoms with Gasteiger partial charge in [0, 0.05) is 0 Å². The van der Waals surface area contributed by atoms with Crippen LogP contribution >= 0.6 is 0 Å². The van der Waals surface area contributed by atoms with Crippen LogP contribution in [0.1, 0.15) is 13.3 Å². The summed E-state index contributed by atoms with van der Waals surface area (Å²) < 4.78 is 27.0. The van der Waals surface area contributed by atoms with Crippen LogP contribution in [0.4, 0.5) is 0 Å². The molecule has 1 unspecified atom stereocenters. The summed E-state index contributed by atoms with van der Waals surface area (Å²) >= 11 is 0. The Balaban J connectivity index is 2.45. The van der Waals surface area contributed by atoms with E-state index in [0.717, 1.165) is 0 Å². The number of hydrogen-bond donors (Lipinski definition) is 1. The van der Waals surface area contributed by atoms with E-state index < -0.39 is 28.0 Å². The highest BCUT2D eigenvalue weighted by molar-refractivity contribution is 7.91. The second-order valence-electron chi connectivity index (χ2n) is 3.14. The van der Waals surface area contributed by atoms with E-state index in [9.17, 15) is 13.2 Å². The summed E-state index contributed by atoms with van der Waals surface area (Å²) in [5, 5.41) is 8.50. The van der Waals surface area contributed by atoms with E-state index in [-0.39, 0.29) is 11.5 Å². The number of rotatable bonds is 3. The van der Waals surface area contributed by atoms with Gasteiger partial charge in [-0.25, -0.2) is 13.2 Å². The van der Waals surface area contributed by atoms with Gasteiger partial charge in [0.2, 0.25) is 0 Å². The van der Waals surface area contributed by atoms with E-state index in [1.165, 1.54) is 6.92 Å². The number of aliphatic carboxylic acids is 1. The Hall–Kier alpha value is -0.620. The lowest BCUT2D eigenvalue weighted by Crippen LogP contribution is -2.27. The van der Waals surface area contributed by atoms with Crippen LogP contribution in [0.25, 0.3) is 0 Å². The normalized spacial score (nSPS) is 28.5. The molecule has 0 radical (unpaired) electrons. The molecule has 1 N–H and O–H groups in total. The third-order valence-corrected chi connectivity index (χ3v) is 3.67. The van der Waals surface area contributed by atoms with Crippen molar-refractivity contribution in [2.24, 2.45) is 0 Å². The molecule has 1 aliphatic heterocycles. The van der Waals surface area contributed by atoms with Crippen molar-refractivity contribution in [3.05, 3.63) is 0 Å². The van der Waals surface area contributed by atoms with Gasteiger partial charge in [0.1, 0.15) is 0 Å². The van der Waals surface area contributed by atoms with Crippen LogP contribution in [0.3, 0.4) is 0 Å². The van der Waals surface area contributed by atoms with Crippen LogP contribution in [0.2, 0.25) is 0 Å². The van der Waals surface area contributed by atoms with Crippen molar-refractivity contribution >= 4 is 15.8 Å². The molecule has 13 heavy (non-hydrogen) atoms. The molecule has 0 saturated carbocycles. The van der Waals surface area contributed by atoms with Crippen LogP contribution < -0.4 is 0 Å². The molecular weight excluding hydrogens is 196 g/mol. The van der Waals surface area contributed by atoms with Crippen molar-refractivity contribution < 1.29 is 23.1 Å². The van der Waals surface area contributed by atoms with Crippen molar-refractivity contribution in [1.29, 1.82) is 0 Å². The minimum Gasteiger partial charge on any atom is -0.479 e. The maximum absolute atomic E-state index is 11.0. The quantitative estimate of drug-likeness (QED) is 0.686. The summed E-state index contributed by atoms with van der Waals surface area (Å²) in [6.07, 6.45) is -0.977. The molecule has 0 aromatic rings. The Bertz CT molecular complexity index is 294. The van der Waals surface area contributed by atoms with E-state index in [0.29, 0.717) is 6.42 Å². The molecule has 1 heterocycles. The highest BCUT2D eigenvalue weighted by Crippen LogP contribution is 2.16. The largest absolute Gasteiger partial charge is 0.479 e. The third-order valence-electron chi connectivity index (χ3n) is 1.93. The van der Waals surface area contributed by atoms with Gasteiger partial charge in [-0.2, -0.15) is 0 Å². The van der Waals surface area contributed by atoms with Gasteiger partial charge in [-0.3, -0.25) is 0 Å². The fourth-order valence-electron chi connectivity index (χ4n) is 1.22. The standard InChI is InChI=1S/C7H12O5S/c1-5(7(8)9)12-6-2-3-13(10,11)4-6/h5-6H,2-4H2,1H3,(H,8,9)/t5-,6?/m1/s1. The summed E-state index contributed by atoms with van der Waals surface area (Å²) in [6, 6.07) is 0. The molecule has 0 aromatic heterocycles. The number of carboxylic acids is 1. The van der Waals surface area contributed by atoms with Gasteiger partial charge in [0.05, 0.1) is 17.6 Å². The Morgan fingerprint density at radius 2 is 2.23 bits per heavy atom. The molecule has 76 valence electrons. The van der Waals surface area contributed by atoms with Gasteiger partial charge >= 0.3 is 5.97 Å². The van der Waals surface area contributed by atoms with Crippen LogP contribution in [0.5, 0.6) is 0 Å². The monoisotopic (exact) mass is 208 g/mol. The van der Waals surface area contributed by atoms with Crippen LogP contribution in [-0.4, -0.2) is 43.2 Å². The summed E-state index contributed by atoms with van der Waals surface area (Å²) in [4.78, 5) is 10.4. The smallest absolute Gasteiger partial charge is 0.332 e. The van der Waals surface area contributed by atoms with Crippen LogP contribution in [0, 0.1) is 0 Å². The number of hydrogen-bond acceptors (Lipinski definition) is 4. The second kappa shape index (κ2) is 3.63. The van der Waals surface area contributed by atoms with Gasteiger partial charge < -0.3 is 9.84 Å². The Morgan fingerprint density at radius 1 is 1.62 bits per heavy atom. The molecule has 1 saturated heterocycles. The maximum atomic E-state index is 11.0. The van der Waals surface area contributed by atoms with Gasteiger partial charge in [0.15, 0.2) is 15.9 Å². The zero-order valence-electron chi connectivity index (χ0n) is 7.26. The molecule has 1 fully saturated rings. The van der Waals surface area contributed by atoms with Crippen molar-refractivity contribution in [2.75, 3.05) is 11.5 Å². The molecule has 0 aliphatic carbocycles. The number of carbonyl (C=O) groups is 1. The molecule has 0 spiro atoms. The molecule has 5 nitrogen and oxygen atoms in total. The summed E-state index contributed by atoms with van der Waals surface area (Å²) in [7, 11) is -2.98. The van der Waals surface area contributed by atoms with E-state index in [1.54, 1.807) is 0 Å². The van der Waals surface area contributed by atoms with E-state index in [1.807, 2.05) is 0 Å². The topological polar surface area (TPSA) is 80.7 Å². The van der Waals surface area contributed by atoms with Crippen molar-refractivity contribution in [3.8, 4) is 0 Å². The first kappa shape index (κ1) is 10.5. The van der Waals surface area contributed by atoms with Crippen LogP contribution in [0.15, 0.2) is 0 Å². The molecule has 0 aromatic carbocycles. The SMILES string of the molecule is C[C@@H](OC1CCS(=O)(=O)C1)C(=O)O. The molecule has 1 rings (SSSR count). The summed E-state index contributed by atoms with van der Waals surface area (Å²) in [6.45, 7) is 1.40. The molecule has 0 bridgehead atoms. The van der Waals surface area contributed by atoms with Crippen molar-refractivity contribution in [2.45, 2.75) is 25.6 Å². The summed E-state index contributed by atoms with van der Waals surface area (Å²) in [5.74, 6) is -1.02. The number of carboxylic acid groups (broad SMARTS) is 1. The van der Waals surface area contributed by atoms with Crippen molar-refractivity contribution in [3.63, 3.8) is 0 Å². The first-order chi connectivity index (χ1) is 5.91. The summed E-state index contributed by atoms with van der Waals surface area (Å²) in [5.41, 5.74) is 0. The molecule has 6 heteroatoms. The van der Waals surface area contributed by atoms with Gasteiger partial charge in [-0.15, -0.1) is 0 Å². The van der Waals surface area contributed by atoms with E-state index in [2.05, 4.69) is 0 Å². The molecule has 1 aliphatic rings. The fourth-order valence-corrected chi connectivity index (χ4v) is 2.82. The Labute approximate surface area is 76.6 Å². The number of sulfone groups is 1. The lowest BCUT2D eigenvalue weighted by molar-refractivity contribution is -0.151. The minimum atomic E-state index is -2.98. The Morgan fingerprint density at radius 3 is 2.62 bits per heavy atom. The highest BCUT2D eigenvalue weighted by Gasteiger charge is 2.30. The lowest BCUT2D eigenvalue weighted by Gasteiger charge is -2.13. The number of ether oxygens (including phenoxy) is 1. The van der Waals surface area contributed by atoms with Crippen LogP contribution in [-0.2, 0) is 19.4 Å². The molecule has 0 amide bonds. The van der Waals surface area contributed by atoms with Gasteiger partial charge in [0.25, 0.3) is 0 Å². The van der Waals surface area contributed by atoms with E-state index in [4.69, 9.17) is 9.84 Å². The van der Waals surface area contributed by atoms with Crippen molar-refractivity contribution in [1.82, 2.24) is 0 Å².